The predicted octanol–water partition coefficient (Wildman–Crippen LogP) is 5.32. The van der Waals surface area contributed by atoms with Crippen LogP contribution >= 0.6 is 11.6 Å². The minimum Gasteiger partial charge on any atom is -0.458 e. The fourth-order valence-corrected chi connectivity index (χ4v) is 5.45. The number of anilines is 2. The van der Waals surface area contributed by atoms with Crippen LogP contribution in [0.1, 0.15) is 69.6 Å². The maximum Gasteiger partial charge on any atom is 0.411 e. The summed E-state index contributed by atoms with van der Waals surface area (Å²) in [5.74, 6) is -0.481. The first-order valence-corrected chi connectivity index (χ1v) is 15.8. The van der Waals surface area contributed by atoms with E-state index in [1.54, 1.807) is 63.2 Å². The molecule has 254 valence electrons. The molecule has 15 nitrogen and oxygen atoms in total. The zero-order chi connectivity index (χ0) is 35.1. The Kier molecular flexibility index (Phi) is 10.6. The van der Waals surface area contributed by atoms with E-state index in [1.165, 1.54) is 24.2 Å². The summed E-state index contributed by atoms with van der Waals surface area (Å²) in [6.07, 6.45) is 5.79. The number of tetrazole rings is 1. The second-order valence-corrected chi connectivity index (χ2v) is 12.6. The Hall–Kier alpha value is -5.75. The van der Waals surface area contributed by atoms with Crippen molar-refractivity contribution in [2.75, 3.05) is 17.7 Å². The number of halogens is 1. The molecule has 1 unspecified atom stereocenters. The standard InChI is InChI=1S/C33H35ClN10O5/c1-33(2,3)49-31(46)24-8-6-5-7-23(39-28(45)14-9-19-15-20(34)10-13-27(19)44-18-36-42-43-44)30-40-26(17-35)29(41-30)22-12-11-21(16-25(22)38-24)37-32(47)48-4/h9-16,18,23-24,38H,5-8H2,1-4H3,(H,37,47)(H,39,45)(H,40,41)/t23-,24?/m0/s1. The Balaban J connectivity index is 1.49. The van der Waals surface area contributed by atoms with Crippen LogP contribution in [-0.2, 0) is 19.1 Å². The van der Waals surface area contributed by atoms with Gasteiger partial charge >= 0.3 is 12.1 Å². The Bertz CT molecular complexity index is 1910. The lowest BCUT2D eigenvalue weighted by atomic mass is 10.0. The number of nitriles is 1. The number of ether oxygens (including phenoxy) is 2. The van der Waals surface area contributed by atoms with Gasteiger partial charge in [-0.15, -0.1) is 5.10 Å². The number of methoxy groups -OCH3 is 1. The number of nitrogens with zero attached hydrogens (tertiary/aromatic N) is 6. The Morgan fingerprint density at radius 3 is 2.65 bits per heavy atom. The predicted molar refractivity (Wildman–Crippen MR) is 181 cm³/mol. The number of nitrogens with one attached hydrogen (secondary N) is 4. The fourth-order valence-electron chi connectivity index (χ4n) is 5.27. The van der Waals surface area contributed by atoms with E-state index in [9.17, 15) is 19.6 Å². The van der Waals surface area contributed by atoms with Crippen LogP contribution in [0.3, 0.4) is 0 Å². The number of carbonyl (C=O) groups excluding carboxylic acids is 3. The van der Waals surface area contributed by atoms with E-state index in [2.05, 4.69) is 47.5 Å². The number of rotatable bonds is 6. The highest BCUT2D eigenvalue weighted by Crippen LogP contribution is 2.35. The highest BCUT2D eigenvalue weighted by atomic mass is 35.5. The van der Waals surface area contributed by atoms with E-state index >= 15 is 0 Å². The van der Waals surface area contributed by atoms with Gasteiger partial charge in [-0.2, -0.15) is 9.94 Å². The van der Waals surface area contributed by atoms with Gasteiger partial charge in [0, 0.05) is 33.6 Å². The zero-order valence-corrected chi connectivity index (χ0v) is 28.0. The van der Waals surface area contributed by atoms with Gasteiger partial charge in [0.15, 0.2) is 5.69 Å². The molecule has 5 rings (SSSR count). The molecule has 16 heteroatoms. The summed E-state index contributed by atoms with van der Waals surface area (Å²) in [5, 5.41) is 30.8. The molecule has 2 aromatic heterocycles. The maximum absolute atomic E-state index is 13.4. The number of fused-ring (bicyclic) bond motifs is 4. The van der Waals surface area contributed by atoms with E-state index in [4.69, 9.17) is 21.1 Å². The third kappa shape index (κ3) is 8.79. The summed E-state index contributed by atoms with van der Waals surface area (Å²) < 4.78 is 11.9. The molecule has 0 aliphatic carbocycles. The van der Waals surface area contributed by atoms with Crippen LogP contribution in [0.4, 0.5) is 16.2 Å². The number of H-pyrrole nitrogens is 1. The molecule has 49 heavy (non-hydrogen) atoms. The minimum atomic E-state index is -0.762. The van der Waals surface area contributed by atoms with Crippen LogP contribution in [0, 0.1) is 11.3 Å². The topological polar surface area (TPSA) is 202 Å². The van der Waals surface area contributed by atoms with Crippen molar-refractivity contribution in [2.24, 2.45) is 0 Å². The molecule has 0 saturated heterocycles. The number of esters is 1. The molecule has 3 heterocycles. The van der Waals surface area contributed by atoms with Gasteiger partial charge in [-0.05, 0) is 86.5 Å². The summed E-state index contributed by atoms with van der Waals surface area (Å²) in [7, 11) is 1.25. The van der Waals surface area contributed by atoms with Crippen molar-refractivity contribution in [3.63, 3.8) is 0 Å². The largest absolute Gasteiger partial charge is 0.458 e. The molecule has 1 aliphatic heterocycles. The first-order valence-electron chi connectivity index (χ1n) is 15.4. The molecule has 2 aromatic carbocycles. The lowest BCUT2D eigenvalue weighted by Crippen LogP contribution is -2.37. The van der Waals surface area contributed by atoms with Crippen LogP contribution in [-0.4, -0.2) is 66.9 Å². The van der Waals surface area contributed by atoms with E-state index in [-0.39, 0.29) is 5.69 Å². The average molecular weight is 687 g/mol. The molecule has 0 fully saturated rings. The number of aromatic amines is 1. The molecular formula is C33H35ClN10O5. The first-order chi connectivity index (χ1) is 23.4. The third-order valence-corrected chi connectivity index (χ3v) is 7.69. The Labute approximate surface area is 287 Å². The van der Waals surface area contributed by atoms with Crippen LogP contribution < -0.4 is 16.0 Å². The quantitative estimate of drug-likeness (QED) is 0.151. The lowest BCUT2D eigenvalue weighted by Gasteiger charge is -2.26. The van der Waals surface area contributed by atoms with Gasteiger partial charge < -0.3 is 25.1 Å². The van der Waals surface area contributed by atoms with Gasteiger partial charge in [0.1, 0.15) is 29.9 Å². The molecule has 0 radical (unpaired) electrons. The second-order valence-electron chi connectivity index (χ2n) is 12.2. The molecule has 0 saturated carbocycles. The second kappa shape index (κ2) is 15.0. The molecule has 2 atom stereocenters. The maximum atomic E-state index is 13.4. The van der Waals surface area contributed by atoms with Crippen molar-refractivity contribution in [3.8, 4) is 23.0 Å². The van der Waals surface area contributed by atoms with Crippen LogP contribution in [0.15, 0.2) is 48.8 Å². The van der Waals surface area contributed by atoms with Crippen LogP contribution in [0.2, 0.25) is 5.02 Å². The summed E-state index contributed by atoms with van der Waals surface area (Å²) in [5.41, 5.74) is 2.31. The number of hydrogen-bond acceptors (Lipinski definition) is 11. The number of amides is 2. The highest BCUT2D eigenvalue weighted by Gasteiger charge is 2.29. The van der Waals surface area contributed by atoms with Crippen molar-refractivity contribution in [2.45, 2.75) is 64.1 Å². The van der Waals surface area contributed by atoms with Gasteiger partial charge in [0.25, 0.3) is 0 Å². The lowest BCUT2D eigenvalue weighted by molar-refractivity contribution is -0.156. The van der Waals surface area contributed by atoms with Crippen molar-refractivity contribution in [1.82, 2.24) is 35.5 Å². The fraction of sp³-hybridized carbons (Fsp3) is 0.333. The van der Waals surface area contributed by atoms with E-state index in [0.29, 0.717) is 70.4 Å². The normalized spacial score (nSPS) is 16.2. The SMILES string of the molecule is COC(=O)Nc1ccc2c(c1)NC(C(=O)OC(C)(C)C)CCCC[C@H](NC(=O)C=Cc1cc(Cl)ccc1-n1cnnn1)c1nc(C#N)c-2[nH]1. The number of imidazole rings is 1. The minimum absolute atomic E-state index is 0.0830. The van der Waals surface area contributed by atoms with Gasteiger partial charge in [0.05, 0.1) is 24.5 Å². The van der Waals surface area contributed by atoms with Crippen LogP contribution in [0.5, 0.6) is 0 Å². The molecule has 2 amide bonds. The number of aromatic nitrogens is 6. The Morgan fingerprint density at radius 1 is 1.14 bits per heavy atom. The van der Waals surface area contributed by atoms with E-state index in [0.717, 1.165) is 0 Å². The van der Waals surface area contributed by atoms with E-state index < -0.39 is 35.7 Å². The molecular weight excluding hydrogens is 652 g/mol. The Morgan fingerprint density at radius 2 is 1.94 bits per heavy atom. The molecule has 1 aliphatic rings. The smallest absolute Gasteiger partial charge is 0.411 e. The van der Waals surface area contributed by atoms with Crippen molar-refractivity contribution in [3.05, 3.63) is 70.9 Å². The monoisotopic (exact) mass is 686 g/mol. The van der Waals surface area contributed by atoms with E-state index in [1.807, 2.05) is 0 Å². The summed E-state index contributed by atoms with van der Waals surface area (Å²) in [6.45, 7) is 5.37. The van der Waals surface area contributed by atoms with Crippen molar-refractivity contribution < 1.29 is 23.9 Å². The number of hydrogen-bond donors (Lipinski definition) is 4. The summed E-state index contributed by atoms with van der Waals surface area (Å²) in [4.78, 5) is 46.5. The van der Waals surface area contributed by atoms with Crippen molar-refractivity contribution >= 4 is 47.0 Å². The van der Waals surface area contributed by atoms with Gasteiger partial charge in [-0.3, -0.25) is 10.1 Å². The number of benzene rings is 2. The molecule has 0 spiro atoms. The number of carbonyl (C=O) groups is 3. The average Bonchev–Trinajstić information content (AvgIpc) is 3.74. The van der Waals surface area contributed by atoms with Gasteiger partial charge in [0.2, 0.25) is 5.91 Å². The summed E-state index contributed by atoms with van der Waals surface area (Å²) in [6, 6.07) is 10.9. The molecule has 2 bridgehead atoms. The zero-order valence-electron chi connectivity index (χ0n) is 27.3. The van der Waals surface area contributed by atoms with Gasteiger partial charge in [-0.1, -0.05) is 24.4 Å². The summed E-state index contributed by atoms with van der Waals surface area (Å²) >= 11 is 6.23. The molecule has 4 N–H and O–H groups in total. The first kappa shape index (κ1) is 34.6. The van der Waals surface area contributed by atoms with Crippen LogP contribution in [0.25, 0.3) is 23.0 Å². The highest BCUT2D eigenvalue weighted by molar-refractivity contribution is 6.30. The van der Waals surface area contributed by atoms with Gasteiger partial charge in [-0.25, -0.2) is 14.6 Å². The van der Waals surface area contributed by atoms with Crippen molar-refractivity contribution in [1.29, 1.82) is 5.26 Å². The molecule has 4 aromatic rings. The third-order valence-electron chi connectivity index (χ3n) is 7.45.